The zero-order valence-corrected chi connectivity index (χ0v) is 19.3. The van der Waals surface area contributed by atoms with E-state index in [-0.39, 0.29) is 11.8 Å². The van der Waals surface area contributed by atoms with Crippen molar-refractivity contribution in [2.45, 2.75) is 32.9 Å². The molecule has 1 aromatic heterocycles. The van der Waals surface area contributed by atoms with Crippen LogP contribution in [0.2, 0.25) is 10.0 Å². The molecule has 2 unspecified atom stereocenters. The predicted molar refractivity (Wildman–Crippen MR) is 124 cm³/mol. The van der Waals surface area contributed by atoms with Gasteiger partial charge in [-0.15, -0.1) is 11.3 Å². The summed E-state index contributed by atoms with van der Waals surface area (Å²) in [6, 6.07) is 9.49. The monoisotopic (exact) mass is 475 g/mol. The Labute approximate surface area is 193 Å². The Kier molecular flexibility index (Phi) is 5.92. The molecular formula is C22H19Cl2N3O3S. The first-order chi connectivity index (χ1) is 14.7. The molecule has 2 heterocycles. The molecule has 0 radical (unpaired) electrons. The molecule has 1 aliphatic rings. The van der Waals surface area contributed by atoms with Crippen molar-refractivity contribution in [3.05, 3.63) is 56.8 Å². The Balaban J connectivity index is 1.68. The van der Waals surface area contributed by atoms with Gasteiger partial charge in [0.15, 0.2) is 6.10 Å². The number of rotatable bonds is 4. The second kappa shape index (κ2) is 8.49. The minimum Gasteiger partial charge on any atom is -0.479 e. The maximum absolute atomic E-state index is 13.0. The molecule has 0 aliphatic carbocycles. The van der Waals surface area contributed by atoms with Gasteiger partial charge in [0.05, 0.1) is 16.4 Å². The zero-order valence-electron chi connectivity index (χ0n) is 17.0. The molecule has 2 aromatic carbocycles. The lowest BCUT2D eigenvalue weighted by Crippen LogP contribution is -2.52. The minimum atomic E-state index is -0.803. The summed E-state index contributed by atoms with van der Waals surface area (Å²) in [6.07, 6.45) is -0.712. The number of fused-ring (bicyclic) bond motifs is 1. The number of nitrogens with one attached hydrogen (secondary N) is 1. The van der Waals surface area contributed by atoms with Gasteiger partial charge in [-0.25, -0.2) is 4.98 Å². The number of hydrogen-bond acceptors (Lipinski definition) is 5. The van der Waals surface area contributed by atoms with Gasteiger partial charge in [0, 0.05) is 26.7 Å². The van der Waals surface area contributed by atoms with Crippen LogP contribution < -0.4 is 15.0 Å². The Morgan fingerprint density at radius 2 is 1.94 bits per heavy atom. The number of amides is 2. The highest BCUT2D eigenvalue weighted by Crippen LogP contribution is 2.39. The highest BCUT2D eigenvalue weighted by atomic mass is 35.5. The fraction of sp³-hybridized carbons (Fsp3) is 0.227. The van der Waals surface area contributed by atoms with Crippen LogP contribution in [-0.2, 0) is 9.59 Å². The highest BCUT2D eigenvalue weighted by molar-refractivity contribution is 7.09. The number of carbonyl (C=O) groups excluding carboxylic acids is 2. The number of anilines is 2. The van der Waals surface area contributed by atoms with Crippen molar-refractivity contribution in [3.8, 4) is 17.0 Å². The Bertz CT molecular complexity index is 1160. The highest BCUT2D eigenvalue weighted by Gasteiger charge is 2.37. The second-order valence-corrected chi connectivity index (χ2v) is 9.16. The van der Waals surface area contributed by atoms with Gasteiger partial charge in [0.2, 0.25) is 5.91 Å². The van der Waals surface area contributed by atoms with Crippen molar-refractivity contribution < 1.29 is 14.3 Å². The van der Waals surface area contributed by atoms with E-state index < -0.39 is 12.1 Å². The normalized spacial score (nSPS) is 16.5. The van der Waals surface area contributed by atoms with E-state index in [1.807, 2.05) is 24.4 Å². The third kappa shape index (κ3) is 4.39. The number of nitrogens with zero attached hydrogens (tertiary/aromatic N) is 2. The number of carbonyl (C=O) groups is 2. The lowest BCUT2D eigenvalue weighted by Gasteiger charge is -2.36. The Hall–Kier alpha value is -2.61. The van der Waals surface area contributed by atoms with Crippen molar-refractivity contribution in [3.63, 3.8) is 0 Å². The lowest BCUT2D eigenvalue weighted by molar-refractivity contribution is -0.128. The second-order valence-electron chi connectivity index (χ2n) is 7.23. The Morgan fingerprint density at radius 1 is 1.23 bits per heavy atom. The zero-order chi connectivity index (χ0) is 22.3. The van der Waals surface area contributed by atoms with Crippen molar-refractivity contribution >= 4 is 57.7 Å². The van der Waals surface area contributed by atoms with Crippen LogP contribution in [0.3, 0.4) is 0 Å². The van der Waals surface area contributed by atoms with Crippen LogP contribution in [-0.4, -0.2) is 28.9 Å². The van der Waals surface area contributed by atoms with Gasteiger partial charge >= 0.3 is 0 Å². The van der Waals surface area contributed by atoms with E-state index in [4.69, 9.17) is 27.9 Å². The third-order valence-corrected chi connectivity index (χ3v) is 6.13. The van der Waals surface area contributed by atoms with Gasteiger partial charge in [0.25, 0.3) is 5.91 Å². The van der Waals surface area contributed by atoms with Gasteiger partial charge in [-0.2, -0.15) is 0 Å². The van der Waals surface area contributed by atoms with E-state index in [9.17, 15) is 9.59 Å². The van der Waals surface area contributed by atoms with E-state index in [2.05, 4.69) is 10.3 Å². The maximum atomic E-state index is 13.0. The number of halogens is 2. The van der Waals surface area contributed by atoms with E-state index in [0.29, 0.717) is 27.2 Å². The van der Waals surface area contributed by atoms with Gasteiger partial charge in [-0.05, 0) is 57.2 Å². The molecule has 1 N–H and O–H groups in total. The van der Waals surface area contributed by atoms with E-state index in [1.54, 1.807) is 49.4 Å². The summed E-state index contributed by atoms with van der Waals surface area (Å²) in [5.74, 6) is -0.138. The van der Waals surface area contributed by atoms with Crippen molar-refractivity contribution in [2.24, 2.45) is 0 Å². The van der Waals surface area contributed by atoms with Crippen LogP contribution in [0.4, 0.5) is 11.4 Å². The number of benzene rings is 2. The van der Waals surface area contributed by atoms with Crippen LogP contribution in [0.1, 0.15) is 18.9 Å². The lowest BCUT2D eigenvalue weighted by atomic mass is 10.1. The first kappa shape index (κ1) is 21.6. The van der Waals surface area contributed by atoms with Crippen LogP contribution in [0.25, 0.3) is 11.3 Å². The topological polar surface area (TPSA) is 71.5 Å². The summed E-state index contributed by atoms with van der Waals surface area (Å²) in [5.41, 5.74) is 2.63. The third-order valence-electron chi connectivity index (χ3n) is 4.92. The molecule has 4 rings (SSSR count). The molecule has 0 saturated carbocycles. The smallest absolute Gasteiger partial charge is 0.268 e. The maximum Gasteiger partial charge on any atom is 0.268 e. The van der Waals surface area contributed by atoms with Crippen molar-refractivity contribution in [1.29, 1.82) is 0 Å². The van der Waals surface area contributed by atoms with Crippen molar-refractivity contribution in [1.82, 2.24) is 4.98 Å². The van der Waals surface area contributed by atoms with Crippen LogP contribution in [0, 0.1) is 6.92 Å². The molecule has 2 atom stereocenters. The summed E-state index contributed by atoms with van der Waals surface area (Å²) >= 11 is 13.6. The molecule has 31 heavy (non-hydrogen) atoms. The summed E-state index contributed by atoms with van der Waals surface area (Å²) in [4.78, 5) is 32.0. The Morgan fingerprint density at radius 3 is 2.58 bits per heavy atom. The molecule has 9 heteroatoms. The molecule has 1 aliphatic heterocycles. The van der Waals surface area contributed by atoms with Gasteiger partial charge < -0.3 is 10.1 Å². The first-order valence-corrected chi connectivity index (χ1v) is 11.2. The summed E-state index contributed by atoms with van der Waals surface area (Å²) < 4.78 is 5.77. The molecule has 0 saturated heterocycles. The average Bonchev–Trinajstić information content (AvgIpc) is 3.14. The standard InChI is InChI=1S/C22H19Cl2N3O3S/c1-11(21(28)26-17-8-15(23)7-16(24)9-17)27-19-6-14(18-10-31-13(3)25-18)4-5-20(19)30-12(2)22(27)29/h4-12H,1-3H3,(H,26,28). The van der Waals surface area contributed by atoms with Crippen LogP contribution in [0.5, 0.6) is 5.75 Å². The SMILES string of the molecule is Cc1nc(-c2ccc3c(c2)N(C(C)C(=O)Nc2cc(Cl)cc(Cl)c2)C(=O)C(C)O3)cs1. The molecule has 0 bridgehead atoms. The summed E-state index contributed by atoms with van der Waals surface area (Å²) in [7, 11) is 0. The van der Waals surface area contributed by atoms with Crippen LogP contribution in [0.15, 0.2) is 41.8 Å². The number of thiazole rings is 1. The molecule has 0 fully saturated rings. The van der Waals surface area contributed by atoms with E-state index in [0.717, 1.165) is 16.3 Å². The minimum absolute atomic E-state index is 0.300. The fourth-order valence-corrected chi connectivity index (χ4v) is 4.55. The number of aryl methyl sites for hydroxylation is 1. The largest absolute Gasteiger partial charge is 0.479 e. The molecular weight excluding hydrogens is 457 g/mol. The predicted octanol–water partition coefficient (Wildman–Crippen LogP) is 5.57. The average molecular weight is 476 g/mol. The molecule has 160 valence electrons. The van der Waals surface area contributed by atoms with Gasteiger partial charge in [0.1, 0.15) is 11.8 Å². The number of aromatic nitrogens is 1. The molecule has 3 aromatic rings. The van der Waals surface area contributed by atoms with Gasteiger partial charge in [-0.3, -0.25) is 14.5 Å². The summed E-state index contributed by atoms with van der Waals surface area (Å²) in [6.45, 7) is 5.26. The number of hydrogen-bond donors (Lipinski definition) is 1. The van der Waals surface area contributed by atoms with Gasteiger partial charge in [-0.1, -0.05) is 23.2 Å². The van der Waals surface area contributed by atoms with Crippen LogP contribution >= 0.6 is 34.5 Å². The fourth-order valence-electron chi connectivity index (χ4n) is 3.41. The van der Waals surface area contributed by atoms with E-state index >= 15 is 0 Å². The summed E-state index contributed by atoms with van der Waals surface area (Å²) in [5, 5.41) is 6.48. The first-order valence-electron chi connectivity index (χ1n) is 9.56. The molecule has 0 spiro atoms. The molecule has 2 amide bonds. The molecule has 6 nitrogen and oxygen atoms in total. The quantitative estimate of drug-likeness (QED) is 0.535. The number of ether oxygens (including phenoxy) is 1. The van der Waals surface area contributed by atoms with E-state index in [1.165, 1.54) is 4.90 Å². The van der Waals surface area contributed by atoms with Crippen molar-refractivity contribution in [2.75, 3.05) is 10.2 Å².